The lowest BCUT2D eigenvalue weighted by atomic mass is 9.44. The van der Waals surface area contributed by atoms with Gasteiger partial charge < -0.3 is 4.74 Å². The highest BCUT2D eigenvalue weighted by Gasteiger charge is 2.60. The van der Waals surface area contributed by atoms with Crippen LogP contribution in [0.5, 0.6) is 0 Å². The predicted octanol–water partition coefficient (Wildman–Crippen LogP) is 14.1. The monoisotopic (exact) mass is 649 g/mol. The fraction of sp³-hybridized carbons (Fsp3) is 0.844. The quantitative estimate of drug-likeness (QED) is 0.0568. The first-order valence-electron chi connectivity index (χ1n) is 20.9. The van der Waals surface area contributed by atoms with E-state index in [-0.39, 0.29) is 5.97 Å². The van der Waals surface area contributed by atoms with Crippen LogP contribution in [0.1, 0.15) is 195 Å². The Hall–Kier alpha value is -1.31. The number of carbonyl (C=O) groups is 1. The number of hydrogen-bond donors (Lipinski definition) is 0. The maximum atomic E-state index is 12.3. The summed E-state index contributed by atoms with van der Waals surface area (Å²) >= 11 is 0. The first-order valence-corrected chi connectivity index (χ1v) is 20.9. The molecule has 4 fully saturated rings. The van der Waals surface area contributed by atoms with Gasteiger partial charge in [-0.05, 0) is 162 Å². The number of rotatable bonds is 20. The Bertz CT molecular complexity index is 1010. The molecule has 4 rings (SSSR count). The Morgan fingerprint density at radius 3 is 2.26 bits per heavy atom. The molecule has 0 spiro atoms. The summed E-state index contributed by atoms with van der Waals surface area (Å²) < 4.78 is 5.55. The second kappa shape index (κ2) is 19.8. The molecule has 0 radical (unpaired) electrons. The van der Waals surface area contributed by atoms with Crippen LogP contribution >= 0.6 is 0 Å². The van der Waals surface area contributed by atoms with E-state index in [4.69, 9.17) is 4.74 Å². The van der Waals surface area contributed by atoms with Gasteiger partial charge in [0.05, 0.1) is 6.26 Å². The fourth-order valence-corrected chi connectivity index (χ4v) is 11.5. The summed E-state index contributed by atoms with van der Waals surface area (Å²) in [6, 6.07) is 0. The normalized spacial score (nSPS) is 33.1. The van der Waals surface area contributed by atoms with Crippen LogP contribution in [0.3, 0.4) is 0 Å². The summed E-state index contributed by atoms with van der Waals surface area (Å²) in [7, 11) is 0. The molecule has 268 valence electrons. The minimum atomic E-state index is -0.0555. The fourth-order valence-electron chi connectivity index (χ4n) is 11.5. The lowest BCUT2D eigenvalue weighted by Crippen LogP contribution is -2.53. The van der Waals surface area contributed by atoms with Crippen molar-refractivity contribution in [2.45, 2.75) is 195 Å². The average Bonchev–Trinajstić information content (AvgIpc) is 3.42. The van der Waals surface area contributed by atoms with Gasteiger partial charge in [0.2, 0.25) is 0 Å². The van der Waals surface area contributed by atoms with Crippen LogP contribution in [0.4, 0.5) is 0 Å². The molecule has 0 aliphatic heterocycles. The van der Waals surface area contributed by atoms with Gasteiger partial charge in [-0.3, -0.25) is 4.79 Å². The minimum Gasteiger partial charge on any atom is -0.435 e. The molecule has 0 N–H and O–H groups in total. The van der Waals surface area contributed by atoms with E-state index in [9.17, 15) is 4.79 Å². The SMILES string of the molecule is CCCCC/C=C\C/C=C\CCCCCCCC(=O)OC=C(C)CCC[C@@H](C)[C@H]1CC[C@H]2[C@@H]3CCC4CCCC[C@]4(C)[C@H]3CC[C@]12C. The maximum absolute atomic E-state index is 12.3. The number of fused-ring (bicyclic) bond motifs is 5. The third kappa shape index (κ3) is 10.8. The third-order valence-corrected chi connectivity index (χ3v) is 14.3. The molecule has 0 aromatic rings. The van der Waals surface area contributed by atoms with E-state index in [1.165, 1.54) is 134 Å². The van der Waals surface area contributed by atoms with E-state index in [2.05, 4.69) is 58.9 Å². The van der Waals surface area contributed by atoms with Crippen molar-refractivity contribution in [3.8, 4) is 0 Å². The second-order valence-electron chi connectivity index (χ2n) is 17.4. The standard InChI is InChI=1S/C45H76O2/c1-6-7-8-9-10-11-12-13-14-15-16-17-18-19-20-27-43(46)47-35-36(2)24-23-25-37(3)40-30-31-41-39-29-28-38-26-21-22-33-44(38,4)42(39)32-34-45(40,41)5/h10-11,13-14,35,37-42H,6-9,12,15-34H2,1-5H3/b11-10-,14-13-,36-35?/t37-,38?,39+,40-,41+,42+,44+,45-/m1/s1. The molecule has 0 heterocycles. The summed E-state index contributed by atoms with van der Waals surface area (Å²) in [5.41, 5.74) is 2.45. The van der Waals surface area contributed by atoms with E-state index >= 15 is 0 Å². The van der Waals surface area contributed by atoms with Crippen LogP contribution in [0.25, 0.3) is 0 Å². The molecule has 4 aliphatic rings. The van der Waals surface area contributed by atoms with Gasteiger partial charge in [-0.1, -0.05) is 103 Å². The van der Waals surface area contributed by atoms with Gasteiger partial charge in [-0.15, -0.1) is 0 Å². The van der Waals surface area contributed by atoms with Crippen LogP contribution in [-0.4, -0.2) is 5.97 Å². The smallest absolute Gasteiger partial charge is 0.310 e. The molecule has 0 amide bonds. The van der Waals surface area contributed by atoms with Crippen molar-refractivity contribution >= 4 is 5.97 Å². The summed E-state index contributed by atoms with van der Waals surface area (Å²) in [4.78, 5) is 12.3. The van der Waals surface area contributed by atoms with Crippen LogP contribution in [-0.2, 0) is 9.53 Å². The van der Waals surface area contributed by atoms with Gasteiger partial charge >= 0.3 is 5.97 Å². The van der Waals surface area contributed by atoms with Crippen LogP contribution in [0.2, 0.25) is 0 Å². The topological polar surface area (TPSA) is 26.3 Å². The highest BCUT2D eigenvalue weighted by atomic mass is 16.5. The van der Waals surface area contributed by atoms with Crippen molar-refractivity contribution in [2.75, 3.05) is 0 Å². The largest absolute Gasteiger partial charge is 0.435 e. The zero-order chi connectivity index (χ0) is 33.5. The number of allylic oxidation sites excluding steroid dienone is 5. The van der Waals surface area contributed by atoms with E-state index in [0.29, 0.717) is 17.3 Å². The highest BCUT2D eigenvalue weighted by Crippen LogP contribution is 2.68. The predicted molar refractivity (Wildman–Crippen MR) is 202 cm³/mol. The molecule has 0 saturated heterocycles. The molecule has 0 bridgehead atoms. The summed E-state index contributed by atoms with van der Waals surface area (Å²) in [6.07, 6.45) is 43.4. The van der Waals surface area contributed by atoms with Crippen molar-refractivity contribution in [1.82, 2.24) is 0 Å². The lowest BCUT2D eigenvalue weighted by molar-refractivity contribution is -0.138. The highest BCUT2D eigenvalue weighted by molar-refractivity contribution is 5.69. The summed E-state index contributed by atoms with van der Waals surface area (Å²) in [5.74, 6) is 5.68. The molecule has 2 nitrogen and oxygen atoms in total. The second-order valence-corrected chi connectivity index (χ2v) is 17.4. The van der Waals surface area contributed by atoms with Crippen molar-refractivity contribution in [2.24, 2.45) is 46.3 Å². The van der Waals surface area contributed by atoms with E-state index in [1.54, 1.807) is 6.26 Å². The Balaban J connectivity index is 1.04. The molecule has 47 heavy (non-hydrogen) atoms. The van der Waals surface area contributed by atoms with E-state index in [1.807, 2.05) is 0 Å². The Morgan fingerprint density at radius 1 is 0.745 bits per heavy atom. The van der Waals surface area contributed by atoms with Crippen LogP contribution in [0.15, 0.2) is 36.1 Å². The number of esters is 1. The molecule has 2 heteroatoms. The van der Waals surface area contributed by atoms with Crippen LogP contribution in [0, 0.1) is 46.3 Å². The van der Waals surface area contributed by atoms with Crippen molar-refractivity contribution in [1.29, 1.82) is 0 Å². The average molecular weight is 649 g/mol. The molecule has 4 aliphatic carbocycles. The zero-order valence-corrected chi connectivity index (χ0v) is 31.8. The van der Waals surface area contributed by atoms with Crippen molar-refractivity contribution < 1.29 is 9.53 Å². The van der Waals surface area contributed by atoms with Crippen LogP contribution < -0.4 is 0 Å². The van der Waals surface area contributed by atoms with Gasteiger partial charge in [0.15, 0.2) is 0 Å². The summed E-state index contributed by atoms with van der Waals surface area (Å²) in [5, 5.41) is 0. The Kier molecular flexibility index (Phi) is 16.2. The summed E-state index contributed by atoms with van der Waals surface area (Å²) in [6.45, 7) is 12.4. The Morgan fingerprint density at radius 2 is 1.47 bits per heavy atom. The molecule has 0 aromatic carbocycles. The van der Waals surface area contributed by atoms with E-state index < -0.39 is 0 Å². The van der Waals surface area contributed by atoms with Gasteiger partial charge in [-0.25, -0.2) is 0 Å². The zero-order valence-electron chi connectivity index (χ0n) is 31.8. The minimum absolute atomic E-state index is 0.0555. The molecule has 0 aromatic heterocycles. The first kappa shape index (κ1) is 38.5. The third-order valence-electron chi connectivity index (χ3n) is 14.3. The molecular weight excluding hydrogens is 572 g/mol. The van der Waals surface area contributed by atoms with Crippen molar-refractivity contribution in [3.05, 3.63) is 36.1 Å². The number of hydrogen-bond acceptors (Lipinski definition) is 2. The number of unbranched alkanes of at least 4 members (excludes halogenated alkanes) is 8. The first-order chi connectivity index (χ1) is 22.8. The van der Waals surface area contributed by atoms with Crippen molar-refractivity contribution in [3.63, 3.8) is 0 Å². The lowest BCUT2D eigenvalue weighted by Gasteiger charge is -2.61. The van der Waals surface area contributed by atoms with Gasteiger partial charge in [-0.2, -0.15) is 0 Å². The van der Waals surface area contributed by atoms with Gasteiger partial charge in [0, 0.05) is 6.42 Å². The van der Waals surface area contributed by atoms with E-state index in [0.717, 1.165) is 61.2 Å². The number of ether oxygens (including phenoxy) is 1. The molecule has 8 atom stereocenters. The molecule has 1 unspecified atom stereocenters. The van der Waals surface area contributed by atoms with Gasteiger partial charge in [0.25, 0.3) is 0 Å². The molecule has 4 saturated carbocycles. The molecular formula is C45H76O2. The Labute approximate surface area is 292 Å². The maximum Gasteiger partial charge on any atom is 0.310 e. The number of carbonyl (C=O) groups excluding carboxylic acids is 1. The van der Waals surface area contributed by atoms with Gasteiger partial charge in [0.1, 0.15) is 0 Å².